The largest absolute Gasteiger partial charge is 0.496 e. The third kappa shape index (κ3) is 3.54. The molecule has 0 aromatic heterocycles. The number of ether oxygens (including phenoxy) is 1. The number of benzene rings is 1. The summed E-state index contributed by atoms with van der Waals surface area (Å²) in [5.41, 5.74) is 0.948. The van der Waals surface area contributed by atoms with Crippen molar-refractivity contribution in [3.8, 4) is 5.75 Å². The molecule has 0 bridgehead atoms. The Kier molecular flexibility index (Phi) is 4.83. The number of methoxy groups -OCH3 is 1. The molecule has 2 atom stereocenters. The van der Waals surface area contributed by atoms with Gasteiger partial charge in [-0.15, -0.1) is 0 Å². The Morgan fingerprint density at radius 2 is 1.95 bits per heavy atom. The third-order valence-corrected chi connectivity index (χ3v) is 4.11. The molecule has 1 aromatic carbocycles. The first kappa shape index (κ1) is 15.4. The van der Waals surface area contributed by atoms with Gasteiger partial charge in [-0.05, 0) is 25.3 Å². The highest BCUT2D eigenvalue weighted by Crippen LogP contribution is 2.32. The SMILES string of the molecule is COc1ccccc1CN(C)C(=O)C1CCC(C(=O)O)C1. The second kappa shape index (κ2) is 6.61. The number of carboxylic acids is 1. The number of carbonyl (C=O) groups excluding carboxylic acids is 1. The van der Waals surface area contributed by atoms with E-state index in [0.717, 1.165) is 11.3 Å². The highest BCUT2D eigenvalue weighted by Gasteiger charge is 2.35. The summed E-state index contributed by atoms with van der Waals surface area (Å²) in [6, 6.07) is 7.59. The Hall–Kier alpha value is -2.04. The highest BCUT2D eigenvalue weighted by molar-refractivity contribution is 5.80. The molecule has 5 heteroatoms. The van der Waals surface area contributed by atoms with Crippen LogP contribution in [0.5, 0.6) is 5.75 Å². The monoisotopic (exact) mass is 291 g/mol. The molecule has 0 radical (unpaired) electrons. The molecule has 1 N–H and O–H groups in total. The van der Waals surface area contributed by atoms with Gasteiger partial charge in [-0.2, -0.15) is 0 Å². The van der Waals surface area contributed by atoms with Crippen LogP contribution < -0.4 is 4.74 Å². The number of carbonyl (C=O) groups is 2. The van der Waals surface area contributed by atoms with E-state index in [0.29, 0.717) is 25.8 Å². The fraction of sp³-hybridized carbons (Fsp3) is 0.500. The predicted octanol–water partition coefficient (Wildman–Crippen LogP) is 2.15. The van der Waals surface area contributed by atoms with Gasteiger partial charge in [-0.1, -0.05) is 18.2 Å². The average Bonchev–Trinajstić information content (AvgIpc) is 2.97. The van der Waals surface area contributed by atoms with E-state index in [1.807, 2.05) is 24.3 Å². The van der Waals surface area contributed by atoms with Crippen molar-refractivity contribution in [1.29, 1.82) is 0 Å². The van der Waals surface area contributed by atoms with Crippen molar-refractivity contribution in [2.24, 2.45) is 11.8 Å². The minimum Gasteiger partial charge on any atom is -0.496 e. The summed E-state index contributed by atoms with van der Waals surface area (Å²) in [5.74, 6) is -0.571. The standard InChI is InChI=1S/C16H21NO4/c1-17(10-13-5-3-4-6-14(13)21-2)15(18)11-7-8-12(9-11)16(19)20/h3-6,11-12H,7-10H2,1-2H3,(H,19,20). The lowest BCUT2D eigenvalue weighted by atomic mass is 10.0. The van der Waals surface area contributed by atoms with Crippen molar-refractivity contribution in [3.63, 3.8) is 0 Å². The van der Waals surface area contributed by atoms with Crippen molar-refractivity contribution in [2.75, 3.05) is 14.2 Å². The Bertz CT molecular complexity index is 529. The van der Waals surface area contributed by atoms with Gasteiger partial charge in [0.1, 0.15) is 5.75 Å². The van der Waals surface area contributed by atoms with E-state index in [4.69, 9.17) is 9.84 Å². The van der Waals surface area contributed by atoms with Crippen LogP contribution in [0.4, 0.5) is 0 Å². The van der Waals surface area contributed by atoms with Crippen LogP contribution in [0.3, 0.4) is 0 Å². The second-order valence-corrected chi connectivity index (χ2v) is 5.55. The number of carboxylic acid groups (broad SMARTS) is 1. The molecule has 21 heavy (non-hydrogen) atoms. The molecular formula is C16H21NO4. The van der Waals surface area contributed by atoms with Crippen LogP contribution >= 0.6 is 0 Å². The first-order valence-electron chi connectivity index (χ1n) is 7.12. The Labute approximate surface area is 124 Å². The minimum absolute atomic E-state index is 0.0182. The van der Waals surface area contributed by atoms with Gasteiger partial charge in [0.05, 0.1) is 13.0 Å². The number of aliphatic carboxylic acids is 1. The smallest absolute Gasteiger partial charge is 0.306 e. The Balaban J connectivity index is 1.99. The molecule has 1 aliphatic carbocycles. The number of amides is 1. The number of para-hydroxylation sites is 1. The van der Waals surface area contributed by atoms with Gasteiger partial charge in [0.15, 0.2) is 0 Å². The van der Waals surface area contributed by atoms with Gasteiger partial charge in [-0.3, -0.25) is 9.59 Å². The normalized spacial score (nSPS) is 21.0. The predicted molar refractivity (Wildman–Crippen MR) is 77.9 cm³/mol. The van der Waals surface area contributed by atoms with Crippen molar-refractivity contribution in [2.45, 2.75) is 25.8 Å². The molecule has 0 aliphatic heterocycles. The van der Waals surface area contributed by atoms with Crippen LogP contribution in [0.15, 0.2) is 24.3 Å². The lowest BCUT2D eigenvalue weighted by Crippen LogP contribution is -2.31. The molecule has 1 aromatic rings. The van der Waals surface area contributed by atoms with E-state index >= 15 is 0 Å². The molecule has 1 amide bonds. The van der Waals surface area contributed by atoms with E-state index in [-0.39, 0.29) is 17.7 Å². The van der Waals surface area contributed by atoms with Crippen LogP contribution in [0.25, 0.3) is 0 Å². The maximum Gasteiger partial charge on any atom is 0.306 e. The Morgan fingerprint density at radius 3 is 2.57 bits per heavy atom. The van der Waals surface area contributed by atoms with Gasteiger partial charge < -0.3 is 14.7 Å². The Morgan fingerprint density at radius 1 is 1.29 bits per heavy atom. The van der Waals surface area contributed by atoms with Gasteiger partial charge in [0.25, 0.3) is 0 Å². The molecule has 5 nitrogen and oxygen atoms in total. The summed E-state index contributed by atoms with van der Waals surface area (Å²) in [4.78, 5) is 25.0. The van der Waals surface area contributed by atoms with Gasteiger partial charge in [-0.25, -0.2) is 0 Å². The second-order valence-electron chi connectivity index (χ2n) is 5.55. The zero-order valence-corrected chi connectivity index (χ0v) is 12.4. The van der Waals surface area contributed by atoms with Crippen LogP contribution in [0, 0.1) is 11.8 Å². The van der Waals surface area contributed by atoms with Crippen molar-refractivity contribution in [3.05, 3.63) is 29.8 Å². The van der Waals surface area contributed by atoms with Crippen LogP contribution in [-0.2, 0) is 16.1 Å². The quantitative estimate of drug-likeness (QED) is 0.902. The van der Waals surface area contributed by atoms with Crippen molar-refractivity contribution < 1.29 is 19.4 Å². The molecule has 1 saturated carbocycles. The first-order chi connectivity index (χ1) is 10.0. The fourth-order valence-electron chi connectivity index (χ4n) is 2.91. The summed E-state index contributed by atoms with van der Waals surface area (Å²) in [6.45, 7) is 0.469. The third-order valence-electron chi connectivity index (χ3n) is 4.11. The highest BCUT2D eigenvalue weighted by atomic mass is 16.5. The number of rotatable bonds is 5. The molecule has 0 heterocycles. The summed E-state index contributed by atoms with van der Waals surface area (Å²) in [7, 11) is 3.36. The van der Waals surface area contributed by atoms with Crippen LogP contribution in [-0.4, -0.2) is 36.0 Å². The molecule has 1 fully saturated rings. The summed E-state index contributed by atoms with van der Waals surface area (Å²) in [5, 5.41) is 9.01. The fourth-order valence-corrected chi connectivity index (χ4v) is 2.91. The molecular weight excluding hydrogens is 270 g/mol. The molecule has 2 rings (SSSR count). The molecule has 1 aliphatic rings. The van der Waals surface area contributed by atoms with Gasteiger partial charge in [0.2, 0.25) is 5.91 Å². The van der Waals surface area contributed by atoms with E-state index in [1.54, 1.807) is 19.1 Å². The summed E-state index contributed by atoms with van der Waals surface area (Å²) < 4.78 is 5.28. The van der Waals surface area contributed by atoms with Crippen LogP contribution in [0.1, 0.15) is 24.8 Å². The summed E-state index contributed by atoms with van der Waals surface area (Å²) in [6.07, 6.45) is 1.70. The summed E-state index contributed by atoms with van der Waals surface area (Å²) >= 11 is 0. The number of hydrogen-bond acceptors (Lipinski definition) is 3. The van der Waals surface area contributed by atoms with E-state index in [1.165, 1.54) is 0 Å². The maximum atomic E-state index is 12.4. The number of hydrogen-bond donors (Lipinski definition) is 1. The zero-order chi connectivity index (χ0) is 15.4. The number of nitrogens with zero attached hydrogens (tertiary/aromatic N) is 1. The topological polar surface area (TPSA) is 66.8 Å². The van der Waals surface area contributed by atoms with E-state index in [9.17, 15) is 9.59 Å². The van der Waals surface area contributed by atoms with Crippen LogP contribution in [0.2, 0.25) is 0 Å². The molecule has 0 saturated heterocycles. The van der Waals surface area contributed by atoms with E-state index < -0.39 is 5.97 Å². The molecule has 0 spiro atoms. The lowest BCUT2D eigenvalue weighted by Gasteiger charge is -2.22. The minimum atomic E-state index is -0.794. The van der Waals surface area contributed by atoms with Gasteiger partial charge >= 0.3 is 5.97 Å². The first-order valence-corrected chi connectivity index (χ1v) is 7.12. The zero-order valence-electron chi connectivity index (χ0n) is 12.4. The molecule has 114 valence electrons. The maximum absolute atomic E-state index is 12.4. The van der Waals surface area contributed by atoms with E-state index in [2.05, 4.69) is 0 Å². The lowest BCUT2D eigenvalue weighted by molar-refractivity contribution is -0.141. The van der Waals surface area contributed by atoms with Crippen molar-refractivity contribution >= 4 is 11.9 Å². The molecule has 2 unspecified atom stereocenters. The average molecular weight is 291 g/mol. The van der Waals surface area contributed by atoms with Crippen molar-refractivity contribution in [1.82, 2.24) is 4.90 Å². The van der Waals surface area contributed by atoms with Gasteiger partial charge in [0, 0.05) is 25.1 Å².